The monoisotopic (exact) mass is 403 g/mol. The lowest BCUT2D eigenvalue weighted by atomic mass is 10.2. The second-order valence-electron chi connectivity index (χ2n) is 6.22. The molecule has 5 nitrogen and oxygen atoms in total. The minimum atomic E-state index is 0.0767. The number of halogens is 1. The van der Waals surface area contributed by atoms with Crippen LogP contribution in [0, 0.1) is 0 Å². The smallest absolute Gasteiger partial charge is 0.255 e. The Labute approximate surface area is 156 Å². The number of benzene rings is 1. The van der Waals surface area contributed by atoms with Crippen molar-refractivity contribution in [2.24, 2.45) is 0 Å². The van der Waals surface area contributed by atoms with Crippen LogP contribution in [-0.2, 0) is 6.54 Å². The van der Waals surface area contributed by atoms with Gasteiger partial charge >= 0.3 is 0 Å². The lowest BCUT2D eigenvalue weighted by Crippen LogP contribution is -2.27. The topological polar surface area (TPSA) is 45.7 Å². The van der Waals surface area contributed by atoms with Crippen molar-refractivity contribution in [1.29, 1.82) is 0 Å². The summed E-state index contributed by atoms with van der Waals surface area (Å²) in [5.41, 5.74) is 1.72. The minimum Gasteiger partial charge on any atom is -0.496 e. The molecule has 25 heavy (non-hydrogen) atoms. The average Bonchev–Trinajstić information content (AvgIpc) is 3.16. The second-order valence-corrected chi connectivity index (χ2v) is 7.13. The number of likely N-dealkylation sites (tertiary alicyclic amines) is 1. The van der Waals surface area contributed by atoms with Gasteiger partial charge in [0.2, 0.25) is 0 Å². The number of carbonyl (C=O) groups is 1. The summed E-state index contributed by atoms with van der Waals surface area (Å²) in [5.74, 6) is 1.74. The minimum absolute atomic E-state index is 0.0767. The molecule has 1 aliphatic heterocycles. The van der Waals surface area contributed by atoms with Crippen LogP contribution in [0.15, 0.2) is 41.0 Å². The van der Waals surface area contributed by atoms with Gasteiger partial charge in [0.15, 0.2) is 0 Å². The van der Waals surface area contributed by atoms with Gasteiger partial charge in [-0.05, 0) is 43.2 Å². The average molecular weight is 404 g/mol. The molecule has 1 fully saturated rings. The Morgan fingerprint density at radius 1 is 1.28 bits per heavy atom. The lowest BCUT2D eigenvalue weighted by molar-refractivity contribution is 0.0792. The summed E-state index contributed by atoms with van der Waals surface area (Å²) in [6.07, 6.45) is 3.85. The van der Waals surface area contributed by atoms with E-state index in [1.165, 1.54) is 0 Å². The summed E-state index contributed by atoms with van der Waals surface area (Å²) in [5, 5.41) is 0. The summed E-state index contributed by atoms with van der Waals surface area (Å²) in [6, 6.07) is 9.70. The molecule has 1 saturated heterocycles. The Morgan fingerprint density at radius 3 is 2.68 bits per heavy atom. The number of anilines is 1. The molecule has 2 aromatic rings. The molecule has 3 rings (SSSR count). The molecule has 1 aromatic carbocycles. The van der Waals surface area contributed by atoms with Crippen molar-refractivity contribution in [3.05, 3.63) is 52.1 Å². The molecule has 0 N–H and O–H groups in total. The Kier molecular flexibility index (Phi) is 5.58. The summed E-state index contributed by atoms with van der Waals surface area (Å²) < 4.78 is 6.44. The lowest BCUT2D eigenvalue weighted by Gasteiger charge is -2.20. The molecule has 132 valence electrons. The van der Waals surface area contributed by atoms with Gasteiger partial charge in [0, 0.05) is 42.9 Å². The number of ether oxygens (including phenoxy) is 1. The van der Waals surface area contributed by atoms with E-state index in [4.69, 9.17) is 4.74 Å². The third-order valence-electron chi connectivity index (χ3n) is 4.43. The van der Waals surface area contributed by atoms with Crippen LogP contribution >= 0.6 is 15.9 Å². The molecular weight excluding hydrogens is 382 g/mol. The van der Waals surface area contributed by atoms with Crippen LogP contribution < -0.4 is 9.64 Å². The van der Waals surface area contributed by atoms with Crippen molar-refractivity contribution in [1.82, 2.24) is 9.88 Å². The largest absolute Gasteiger partial charge is 0.496 e. The Bertz CT molecular complexity index is 743. The van der Waals surface area contributed by atoms with Crippen molar-refractivity contribution in [2.75, 3.05) is 32.1 Å². The van der Waals surface area contributed by atoms with Crippen LogP contribution in [0.1, 0.15) is 28.8 Å². The highest BCUT2D eigenvalue weighted by Crippen LogP contribution is 2.25. The molecule has 0 bridgehead atoms. The second kappa shape index (κ2) is 7.87. The van der Waals surface area contributed by atoms with E-state index >= 15 is 0 Å². The number of carbonyl (C=O) groups excluding carboxylic acids is 1. The molecule has 6 heteroatoms. The Balaban J connectivity index is 1.71. The van der Waals surface area contributed by atoms with Crippen LogP contribution in [0.25, 0.3) is 0 Å². The maximum Gasteiger partial charge on any atom is 0.255 e. The first-order chi connectivity index (χ1) is 12.1. The summed E-state index contributed by atoms with van der Waals surface area (Å²) >= 11 is 3.50. The van der Waals surface area contributed by atoms with Gasteiger partial charge in [-0.3, -0.25) is 4.79 Å². The molecule has 2 heterocycles. The van der Waals surface area contributed by atoms with Crippen molar-refractivity contribution in [2.45, 2.75) is 19.4 Å². The van der Waals surface area contributed by atoms with E-state index in [-0.39, 0.29) is 5.91 Å². The first-order valence-electron chi connectivity index (χ1n) is 8.37. The van der Waals surface area contributed by atoms with Crippen molar-refractivity contribution >= 4 is 27.7 Å². The summed E-state index contributed by atoms with van der Waals surface area (Å²) in [7, 11) is 3.65. The molecule has 0 unspecified atom stereocenters. The van der Waals surface area contributed by atoms with Gasteiger partial charge in [-0.1, -0.05) is 15.9 Å². The summed E-state index contributed by atoms with van der Waals surface area (Å²) in [4.78, 5) is 20.8. The van der Waals surface area contributed by atoms with Crippen LogP contribution in [-0.4, -0.2) is 43.0 Å². The highest BCUT2D eigenvalue weighted by molar-refractivity contribution is 9.10. The van der Waals surface area contributed by atoms with E-state index in [9.17, 15) is 4.79 Å². The van der Waals surface area contributed by atoms with E-state index in [0.29, 0.717) is 12.1 Å². The standard InChI is InChI=1S/C19H22BrN3O2/c1-22(13-15-11-16(20)6-7-17(15)25-2)18-8-5-14(12-21-18)19(24)23-9-3-4-10-23/h5-8,11-12H,3-4,9-10,13H2,1-2H3. The van der Waals surface area contributed by atoms with E-state index in [0.717, 1.165) is 47.5 Å². The van der Waals surface area contributed by atoms with Crippen LogP contribution in [0.2, 0.25) is 0 Å². The van der Waals surface area contributed by atoms with Crippen LogP contribution in [0.4, 0.5) is 5.82 Å². The highest BCUT2D eigenvalue weighted by atomic mass is 79.9. The van der Waals surface area contributed by atoms with Gasteiger partial charge < -0.3 is 14.5 Å². The van der Waals surface area contributed by atoms with Gasteiger partial charge in [-0.2, -0.15) is 0 Å². The fourth-order valence-corrected chi connectivity index (χ4v) is 3.46. The van der Waals surface area contributed by atoms with Gasteiger partial charge in [-0.15, -0.1) is 0 Å². The van der Waals surface area contributed by atoms with E-state index in [1.54, 1.807) is 13.3 Å². The van der Waals surface area contributed by atoms with Gasteiger partial charge in [0.05, 0.1) is 12.7 Å². The number of methoxy groups -OCH3 is 1. The van der Waals surface area contributed by atoms with E-state index in [1.807, 2.05) is 47.2 Å². The molecule has 0 radical (unpaired) electrons. The van der Waals surface area contributed by atoms with Crippen LogP contribution in [0.5, 0.6) is 5.75 Å². The first-order valence-corrected chi connectivity index (χ1v) is 9.16. The molecule has 1 amide bonds. The normalized spacial score (nSPS) is 13.8. The predicted octanol–water partition coefficient (Wildman–Crippen LogP) is 3.73. The number of rotatable bonds is 5. The molecule has 0 aliphatic carbocycles. The number of aromatic nitrogens is 1. The van der Waals surface area contributed by atoms with E-state index in [2.05, 4.69) is 20.9 Å². The third-order valence-corrected chi connectivity index (χ3v) is 4.92. The van der Waals surface area contributed by atoms with Crippen molar-refractivity contribution < 1.29 is 9.53 Å². The number of hydrogen-bond donors (Lipinski definition) is 0. The maximum atomic E-state index is 12.4. The fraction of sp³-hybridized carbons (Fsp3) is 0.368. The van der Waals surface area contributed by atoms with Gasteiger partial charge in [-0.25, -0.2) is 4.98 Å². The SMILES string of the molecule is COc1ccc(Br)cc1CN(C)c1ccc(C(=O)N2CCCC2)cn1. The number of pyridine rings is 1. The molecule has 1 aliphatic rings. The zero-order valence-electron chi connectivity index (χ0n) is 14.5. The zero-order valence-corrected chi connectivity index (χ0v) is 16.1. The Hall–Kier alpha value is -2.08. The number of nitrogens with zero attached hydrogens (tertiary/aromatic N) is 3. The molecule has 0 spiro atoms. The van der Waals surface area contributed by atoms with E-state index < -0.39 is 0 Å². The quantitative estimate of drug-likeness (QED) is 0.762. The number of amides is 1. The zero-order chi connectivity index (χ0) is 17.8. The molecule has 0 atom stereocenters. The van der Waals surface area contributed by atoms with Gasteiger partial charge in [0.25, 0.3) is 5.91 Å². The maximum absolute atomic E-state index is 12.4. The Morgan fingerprint density at radius 2 is 2.04 bits per heavy atom. The number of hydrogen-bond acceptors (Lipinski definition) is 4. The van der Waals surface area contributed by atoms with Crippen molar-refractivity contribution in [3.8, 4) is 5.75 Å². The molecular formula is C19H22BrN3O2. The van der Waals surface area contributed by atoms with Crippen molar-refractivity contribution in [3.63, 3.8) is 0 Å². The fourth-order valence-electron chi connectivity index (χ4n) is 3.05. The summed E-state index contributed by atoms with van der Waals surface area (Å²) in [6.45, 7) is 2.36. The van der Waals surface area contributed by atoms with Crippen LogP contribution in [0.3, 0.4) is 0 Å². The van der Waals surface area contributed by atoms with Gasteiger partial charge in [0.1, 0.15) is 11.6 Å². The highest BCUT2D eigenvalue weighted by Gasteiger charge is 2.19. The molecule has 0 saturated carbocycles. The first kappa shape index (κ1) is 17.7. The molecule has 1 aromatic heterocycles. The predicted molar refractivity (Wildman–Crippen MR) is 102 cm³/mol. The third kappa shape index (κ3) is 4.12.